The van der Waals surface area contributed by atoms with Crippen LogP contribution in [0.5, 0.6) is 0 Å². The van der Waals surface area contributed by atoms with Gasteiger partial charge in [-0.1, -0.05) is 13.8 Å². The molecule has 0 rings (SSSR count). The molecule has 0 aromatic heterocycles. The molecule has 5 heteroatoms. The molecule has 0 aromatic rings. The fraction of sp³-hybridized carbons (Fsp3) is 0.750. The Balaban J connectivity index is 3.36. The monoisotopic (exact) mass is 187 g/mol. The van der Waals surface area contributed by atoms with Crippen molar-refractivity contribution in [2.75, 3.05) is 13.1 Å². The summed E-state index contributed by atoms with van der Waals surface area (Å²) in [5.74, 6) is 0.351. The standard InChI is InChI=1S/C8H17N3O2/c1-6(2)3-4-10-7(12)5-11-8(9)13/h6H,3-5H2,1-2H3,(H,10,12)(H3,9,11,13). The molecular weight excluding hydrogens is 170 g/mol. The Bertz CT molecular complexity index is 180. The Morgan fingerprint density at radius 2 is 1.92 bits per heavy atom. The second-order valence-corrected chi connectivity index (χ2v) is 3.25. The number of nitrogens with two attached hydrogens (primary N) is 1. The summed E-state index contributed by atoms with van der Waals surface area (Å²) in [4.78, 5) is 21.2. The Kier molecular flexibility index (Phi) is 5.67. The normalized spacial score (nSPS) is 9.77. The maximum absolute atomic E-state index is 10.9. The highest BCUT2D eigenvalue weighted by molar-refractivity contribution is 5.83. The summed E-state index contributed by atoms with van der Waals surface area (Å²) in [6, 6.07) is -0.681. The van der Waals surface area contributed by atoms with Crippen LogP contribution in [-0.2, 0) is 4.79 Å². The zero-order valence-corrected chi connectivity index (χ0v) is 8.09. The third-order valence-electron chi connectivity index (χ3n) is 1.47. The first-order valence-corrected chi connectivity index (χ1v) is 4.32. The summed E-state index contributed by atoms with van der Waals surface area (Å²) in [5.41, 5.74) is 4.79. The first-order chi connectivity index (χ1) is 6.02. The van der Waals surface area contributed by atoms with Crippen LogP contribution in [0.2, 0.25) is 0 Å². The molecule has 3 amide bonds. The van der Waals surface area contributed by atoms with Gasteiger partial charge in [-0.2, -0.15) is 0 Å². The molecule has 0 atom stereocenters. The van der Waals surface area contributed by atoms with Crippen molar-refractivity contribution >= 4 is 11.9 Å². The second kappa shape index (κ2) is 6.28. The SMILES string of the molecule is CC(C)CCNC(=O)CNC(N)=O. The topological polar surface area (TPSA) is 84.2 Å². The number of carbonyl (C=O) groups is 2. The van der Waals surface area contributed by atoms with Crippen molar-refractivity contribution in [3.8, 4) is 0 Å². The predicted octanol–water partition coefficient (Wildman–Crippen LogP) is -0.183. The van der Waals surface area contributed by atoms with Crippen LogP contribution in [-0.4, -0.2) is 25.0 Å². The van der Waals surface area contributed by atoms with E-state index in [-0.39, 0.29) is 12.5 Å². The fourth-order valence-corrected chi connectivity index (χ4v) is 0.730. The minimum Gasteiger partial charge on any atom is -0.355 e. The fourth-order valence-electron chi connectivity index (χ4n) is 0.730. The van der Waals surface area contributed by atoms with Crippen LogP contribution >= 0.6 is 0 Å². The smallest absolute Gasteiger partial charge is 0.312 e. The zero-order chi connectivity index (χ0) is 10.3. The van der Waals surface area contributed by atoms with E-state index >= 15 is 0 Å². The van der Waals surface area contributed by atoms with Gasteiger partial charge in [-0.3, -0.25) is 4.79 Å². The van der Waals surface area contributed by atoms with Gasteiger partial charge in [0.1, 0.15) is 0 Å². The van der Waals surface area contributed by atoms with Gasteiger partial charge in [-0.05, 0) is 12.3 Å². The molecule has 0 unspecified atom stereocenters. The number of hydrogen-bond acceptors (Lipinski definition) is 2. The molecule has 0 heterocycles. The third-order valence-corrected chi connectivity index (χ3v) is 1.47. The summed E-state index contributed by atoms with van der Waals surface area (Å²) in [5, 5.41) is 4.87. The van der Waals surface area contributed by atoms with Crippen LogP contribution < -0.4 is 16.4 Å². The van der Waals surface area contributed by atoms with Gasteiger partial charge in [0, 0.05) is 6.54 Å². The summed E-state index contributed by atoms with van der Waals surface area (Å²) < 4.78 is 0. The summed E-state index contributed by atoms with van der Waals surface area (Å²) in [7, 11) is 0. The Morgan fingerprint density at radius 1 is 1.31 bits per heavy atom. The lowest BCUT2D eigenvalue weighted by Crippen LogP contribution is -2.39. The number of carbonyl (C=O) groups excluding carboxylic acids is 2. The summed E-state index contributed by atoms with van der Waals surface area (Å²) in [6.07, 6.45) is 0.933. The van der Waals surface area contributed by atoms with Gasteiger partial charge in [0.2, 0.25) is 5.91 Å². The van der Waals surface area contributed by atoms with Gasteiger partial charge in [-0.25, -0.2) is 4.79 Å². The Hall–Kier alpha value is -1.26. The van der Waals surface area contributed by atoms with Gasteiger partial charge in [0.15, 0.2) is 0 Å². The maximum atomic E-state index is 10.9. The number of hydrogen-bond donors (Lipinski definition) is 3. The van der Waals surface area contributed by atoms with Crippen LogP contribution in [0.1, 0.15) is 20.3 Å². The predicted molar refractivity (Wildman–Crippen MR) is 50.1 cm³/mol. The van der Waals surface area contributed by atoms with E-state index in [2.05, 4.69) is 24.5 Å². The lowest BCUT2D eigenvalue weighted by molar-refractivity contribution is -0.120. The average molecular weight is 187 g/mol. The summed E-state index contributed by atoms with van der Waals surface area (Å²) in [6.45, 7) is 4.74. The molecule has 0 aliphatic heterocycles. The largest absolute Gasteiger partial charge is 0.355 e. The lowest BCUT2D eigenvalue weighted by Gasteiger charge is -2.06. The second-order valence-electron chi connectivity index (χ2n) is 3.25. The lowest BCUT2D eigenvalue weighted by atomic mass is 10.1. The number of rotatable bonds is 5. The van der Waals surface area contributed by atoms with Crippen molar-refractivity contribution in [2.45, 2.75) is 20.3 Å². The van der Waals surface area contributed by atoms with E-state index < -0.39 is 6.03 Å². The highest BCUT2D eigenvalue weighted by Crippen LogP contribution is 1.95. The van der Waals surface area contributed by atoms with Crippen molar-refractivity contribution in [3.05, 3.63) is 0 Å². The highest BCUT2D eigenvalue weighted by atomic mass is 16.2. The van der Waals surface area contributed by atoms with Crippen LogP contribution in [0.25, 0.3) is 0 Å². The molecular formula is C8H17N3O2. The van der Waals surface area contributed by atoms with Crippen molar-refractivity contribution in [1.29, 1.82) is 0 Å². The minimum atomic E-state index is -0.681. The Morgan fingerprint density at radius 3 is 2.38 bits per heavy atom. The van der Waals surface area contributed by atoms with E-state index in [1.54, 1.807) is 0 Å². The first-order valence-electron chi connectivity index (χ1n) is 4.32. The quantitative estimate of drug-likeness (QED) is 0.557. The number of nitrogens with one attached hydrogen (secondary N) is 2. The number of amides is 3. The van der Waals surface area contributed by atoms with Crippen molar-refractivity contribution < 1.29 is 9.59 Å². The molecule has 0 saturated heterocycles. The zero-order valence-electron chi connectivity index (χ0n) is 8.09. The molecule has 4 N–H and O–H groups in total. The molecule has 76 valence electrons. The van der Waals surface area contributed by atoms with Crippen LogP contribution in [0, 0.1) is 5.92 Å². The minimum absolute atomic E-state index is 0.0482. The molecule has 5 nitrogen and oxygen atoms in total. The third kappa shape index (κ3) is 8.65. The molecule has 13 heavy (non-hydrogen) atoms. The Labute approximate surface area is 78.1 Å². The number of urea groups is 1. The van der Waals surface area contributed by atoms with E-state index in [0.29, 0.717) is 12.5 Å². The summed E-state index contributed by atoms with van der Waals surface area (Å²) >= 11 is 0. The molecule has 0 aliphatic rings. The van der Waals surface area contributed by atoms with Gasteiger partial charge in [0.05, 0.1) is 6.54 Å². The van der Waals surface area contributed by atoms with Gasteiger partial charge in [0.25, 0.3) is 0 Å². The first kappa shape index (κ1) is 11.7. The van der Waals surface area contributed by atoms with Crippen molar-refractivity contribution in [2.24, 2.45) is 11.7 Å². The van der Waals surface area contributed by atoms with Crippen molar-refractivity contribution in [3.63, 3.8) is 0 Å². The molecule has 0 aliphatic carbocycles. The molecule has 0 spiro atoms. The molecule has 0 aromatic carbocycles. The molecule has 0 radical (unpaired) electrons. The van der Waals surface area contributed by atoms with E-state index in [1.165, 1.54) is 0 Å². The van der Waals surface area contributed by atoms with E-state index in [0.717, 1.165) is 6.42 Å². The van der Waals surface area contributed by atoms with E-state index in [9.17, 15) is 9.59 Å². The highest BCUT2D eigenvalue weighted by Gasteiger charge is 2.01. The van der Waals surface area contributed by atoms with Gasteiger partial charge in [-0.15, -0.1) is 0 Å². The van der Waals surface area contributed by atoms with Crippen LogP contribution in [0.15, 0.2) is 0 Å². The number of primary amides is 1. The molecule has 0 saturated carbocycles. The molecule has 0 bridgehead atoms. The van der Waals surface area contributed by atoms with Crippen LogP contribution in [0.3, 0.4) is 0 Å². The van der Waals surface area contributed by atoms with Gasteiger partial charge < -0.3 is 16.4 Å². The maximum Gasteiger partial charge on any atom is 0.312 e. The van der Waals surface area contributed by atoms with E-state index in [1.807, 2.05) is 0 Å². The average Bonchev–Trinajstić information content (AvgIpc) is 2.00. The van der Waals surface area contributed by atoms with Crippen molar-refractivity contribution in [1.82, 2.24) is 10.6 Å². The van der Waals surface area contributed by atoms with Gasteiger partial charge >= 0.3 is 6.03 Å². The van der Waals surface area contributed by atoms with Crippen LogP contribution in [0.4, 0.5) is 4.79 Å². The molecule has 0 fully saturated rings. The van der Waals surface area contributed by atoms with E-state index in [4.69, 9.17) is 5.73 Å².